The number of nitrogens with zero attached hydrogens (tertiary/aromatic N) is 3. The molecule has 0 aliphatic carbocycles. The minimum Gasteiger partial charge on any atom is -0.392 e. The predicted molar refractivity (Wildman–Crippen MR) is 88.3 cm³/mol. The molecule has 124 valence electrons. The fourth-order valence-electron chi connectivity index (χ4n) is 2.94. The number of fused-ring (bicyclic) bond motifs is 1. The Morgan fingerprint density at radius 1 is 1.25 bits per heavy atom. The number of benzene rings is 1. The molecule has 24 heavy (non-hydrogen) atoms. The van der Waals surface area contributed by atoms with Gasteiger partial charge in [-0.05, 0) is 17.7 Å². The third-order valence-electron chi connectivity index (χ3n) is 4.35. The lowest BCUT2D eigenvalue weighted by Crippen LogP contribution is -2.52. The van der Waals surface area contributed by atoms with Crippen molar-refractivity contribution in [2.24, 2.45) is 0 Å². The number of rotatable bonds is 5. The van der Waals surface area contributed by atoms with Gasteiger partial charge in [0.25, 0.3) is 0 Å². The van der Waals surface area contributed by atoms with Gasteiger partial charge in [0.15, 0.2) is 5.82 Å². The molecule has 0 bridgehead atoms. The first-order valence-corrected chi connectivity index (χ1v) is 7.91. The lowest BCUT2D eigenvalue weighted by atomic mass is 10.1. The van der Waals surface area contributed by atoms with E-state index in [2.05, 4.69) is 4.98 Å². The van der Waals surface area contributed by atoms with Crippen LogP contribution in [0.2, 0.25) is 0 Å². The first kappa shape index (κ1) is 15.1. The van der Waals surface area contributed by atoms with E-state index in [4.69, 9.17) is 9.84 Å². The molecule has 2 aromatic heterocycles. The predicted octanol–water partition coefficient (Wildman–Crippen LogP) is 2.37. The summed E-state index contributed by atoms with van der Waals surface area (Å²) in [7, 11) is 0. The molecule has 0 radical (unpaired) electrons. The van der Waals surface area contributed by atoms with Gasteiger partial charge in [0, 0.05) is 37.2 Å². The summed E-state index contributed by atoms with van der Waals surface area (Å²) in [6.45, 7) is 1.54. The standard InChI is InChI=1S/C18H18FN3O2/c19-18-14(11-23)2-1-3-16(18)22-9-15(10-22)24-12-13-4-5-17-20-6-7-21(17)8-13/h1-8,15,23H,9-12H2. The van der Waals surface area contributed by atoms with E-state index in [-0.39, 0.29) is 18.5 Å². The van der Waals surface area contributed by atoms with E-state index in [0.717, 1.165) is 11.2 Å². The maximum absolute atomic E-state index is 14.2. The van der Waals surface area contributed by atoms with E-state index < -0.39 is 0 Å². The van der Waals surface area contributed by atoms with Crippen molar-refractivity contribution in [1.82, 2.24) is 9.38 Å². The molecule has 1 saturated heterocycles. The second-order valence-corrected chi connectivity index (χ2v) is 5.98. The fourth-order valence-corrected chi connectivity index (χ4v) is 2.94. The fraction of sp³-hybridized carbons (Fsp3) is 0.278. The second-order valence-electron chi connectivity index (χ2n) is 5.98. The highest BCUT2D eigenvalue weighted by molar-refractivity contribution is 5.52. The Balaban J connectivity index is 1.34. The minimum atomic E-state index is -0.344. The van der Waals surface area contributed by atoms with Crippen LogP contribution in [0.1, 0.15) is 11.1 Å². The Bertz CT molecular complexity index is 858. The van der Waals surface area contributed by atoms with E-state index in [1.54, 1.807) is 24.4 Å². The number of ether oxygens (including phenoxy) is 1. The van der Waals surface area contributed by atoms with E-state index in [0.29, 0.717) is 30.9 Å². The van der Waals surface area contributed by atoms with E-state index >= 15 is 0 Å². The van der Waals surface area contributed by atoms with Gasteiger partial charge in [-0.2, -0.15) is 0 Å². The van der Waals surface area contributed by atoms with Crippen LogP contribution in [-0.2, 0) is 18.0 Å². The van der Waals surface area contributed by atoms with Gasteiger partial charge in [-0.1, -0.05) is 18.2 Å². The van der Waals surface area contributed by atoms with Crippen molar-refractivity contribution < 1.29 is 14.2 Å². The Kier molecular flexibility index (Phi) is 3.92. The van der Waals surface area contributed by atoms with Crippen molar-refractivity contribution in [3.8, 4) is 0 Å². The van der Waals surface area contributed by atoms with E-state index in [1.165, 1.54) is 0 Å². The monoisotopic (exact) mass is 327 g/mol. The van der Waals surface area contributed by atoms with Crippen molar-refractivity contribution >= 4 is 11.3 Å². The summed E-state index contributed by atoms with van der Waals surface area (Å²) in [6, 6.07) is 9.06. The molecule has 1 aliphatic rings. The molecule has 1 N–H and O–H groups in total. The van der Waals surface area contributed by atoms with Crippen LogP contribution >= 0.6 is 0 Å². The Morgan fingerprint density at radius 2 is 2.12 bits per heavy atom. The molecule has 3 heterocycles. The number of imidazole rings is 1. The zero-order valence-electron chi connectivity index (χ0n) is 13.1. The van der Waals surface area contributed by atoms with Gasteiger partial charge >= 0.3 is 0 Å². The maximum atomic E-state index is 14.2. The van der Waals surface area contributed by atoms with Crippen molar-refractivity contribution in [2.45, 2.75) is 19.3 Å². The third-order valence-corrected chi connectivity index (χ3v) is 4.35. The van der Waals surface area contributed by atoms with Crippen LogP contribution in [0, 0.1) is 5.82 Å². The topological polar surface area (TPSA) is 50.0 Å². The molecule has 0 amide bonds. The second kappa shape index (κ2) is 6.22. The van der Waals surface area contributed by atoms with Gasteiger partial charge in [-0.25, -0.2) is 9.37 Å². The first-order valence-electron chi connectivity index (χ1n) is 7.91. The molecular weight excluding hydrogens is 309 g/mol. The summed E-state index contributed by atoms with van der Waals surface area (Å²) >= 11 is 0. The van der Waals surface area contributed by atoms with Gasteiger partial charge in [0.1, 0.15) is 5.65 Å². The van der Waals surface area contributed by atoms with Crippen LogP contribution in [0.4, 0.5) is 10.1 Å². The maximum Gasteiger partial charge on any atom is 0.151 e. The van der Waals surface area contributed by atoms with Crippen molar-refractivity contribution in [3.05, 3.63) is 65.9 Å². The Labute approximate surface area is 138 Å². The highest BCUT2D eigenvalue weighted by Crippen LogP contribution is 2.27. The van der Waals surface area contributed by atoms with Crippen LogP contribution in [0.15, 0.2) is 48.9 Å². The molecule has 0 spiro atoms. The number of halogens is 1. The summed E-state index contributed by atoms with van der Waals surface area (Å²) in [4.78, 5) is 6.14. The molecule has 1 aromatic carbocycles. The Hall–Kier alpha value is -2.44. The van der Waals surface area contributed by atoms with Crippen molar-refractivity contribution in [3.63, 3.8) is 0 Å². The number of pyridine rings is 1. The number of aromatic nitrogens is 2. The lowest BCUT2D eigenvalue weighted by molar-refractivity contribution is 0.0220. The van der Waals surface area contributed by atoms with Crippen LogP contribution in [-0.4, -0.2) is 33.7 Å². The van der Waals surface area contributed by atoms with Gasteiger partial charge < -0.3 is 19.1 Å². The molecule has 1 fully saturated rings. The normalized spacial score (nSPS) is 15.0. The first-order chi connectivity index (χ1) is 11.7. The van der Waals surface area contributed by atoms with Crippen LogP contribution in [0.3, 0.4) is 0 Å². The van der Waals surface area contributed by atoms with Crippen LogP contribution in [0.5, 0.6) is 0 Å². The minimum absolute atomic E-state index is 0.0840. The number of hydrogen-bond donors (Lipinski definition) is 1. The van der Waals surface area contributed by atoms with Crippen molar-refractivity contribution in [1.29, 1.82) is 0 Å². The molecule has 0 unspecified atom stereocenters. The zero-order chi connectivity index (χ0) is 16.5. The van der Waals surface area contributed by atoms with E-state index in [9.17, 15) is 4.39 Å². The Morgan fingerprint density at radius 3 is 2.96 bits per heavy atom. The number of aliphatic hydroxyl groups is 1. The number of hydrogen-bond acceptors (Lipinski definition) is 4. The summed E-state index contributed by atoms with van der Waals surface area (Å²) in [5.74, 6) is -0.344. The summed E-state index contributed by atoms with van der Waals surface area (Å²) in [5, 5.41) is 9.15. The number of anilines is 1. The van der Waals surface area contributed by atoms with E-state index in [1.807, 2.05) is 33.8 Å². The van der Waals surface area contributed by atoms with Gasteiger partial charge in [0.05, 0.1) is 25.0 Å². The molecule has 4 rings (SSSR count). The van der Waals surface area contributed by atoms with Crippen LogP contribution in [0.25, 0.3) is 5.65 Å². The van der Waals surface area contributed by atoms with Crippen molar-refractivity contribution in [2.75, 3.05) is 18.0 Å². The number of aliphatic hydroxyl groups excluding tert-OH is 1. The molecule has 0 atom stereocenters. The molecule has 0 saturated carbocycles. The molecule has 1 aliphatic heterocycles. The third kappa shape index (κ3) is 2.74. The largest absolute Gasteiger partial charge is 0.392 e. The summed E-state index contributed by atoms with van der Waals surface area (Å²) < 4.78 is 22.0. The molecule has 3 aromatic rings. The zero-order valence-corrected chi connectivity index (χ0v) is 13.1. The molecular formula is C18H18FN3O2. The van der Waals surface area contributed by atoms with Crippen LogP contribution < -0.4 is 4.90 Å². The SMILES string of the molecule is OCc1cccc(N2CC(OCc3ccc4nccn4c3)C2)c1F. The van der Waals surface area contributed by atoms with Gasteiger partial charge in [0.2, 0.25) is 0 Å². The smallest absolute Gasteiger partial charge is 0.151 e. The quantitative estimate of drug-likeness (QED) is 0.782. The molecule has 5 nitrogen and oxygen atoms in total. The highest BCUT2D eigenvalue weighted by Gasteiger charge is 2.29. The molecule has 6 heteroatoms. The van der Waals surface area contributed by atoms with Gasteiger partial charge in [-0.15, -0.1) is 0 Å². The summed E-state index contributed by atoms with van der Waals surface area (Å²) in [5.41, 5.74) is 2.84. The van der Waals surface area contributed by atoms with Gasteiger partial charge in [-0.3, -0.25) is 0 Å². The lowest BCUT2D eigenvalue weighted by Gasteiger charge is -2.41. The average Bonchev–Trinajstić information content (AvgIpc) is 3.02. The summed E-state index contributed by atoms with van der Waals surface area (Å²) in [6.07, 6.45) is 5.75. The highest BCUT2D eigenvalue weighted by atomic mass is 19.1. The average molecular weight is 327 g/mol.